The molecule has 0 aromatic carbocycles. The highest BCUT2D eigenvalue weighted by atomic mass is 32.1. The van der Waals surface area contributed by atoms with Crippen molar-refractivity contribution in [3.8, 4) is 5.19 Å². The van der Waals surface area contributed by atoms with Gasteiger partial charge in [0.15, 0.2) is 0 Å². The molecule has 1 fully saturated rings. The van der Waals surface area contributed by atoms with Gasteiger partial charge in [-0.25, -0.2) is 4.98 Å². The number of hydrogen-bond donors (Lipinski definition) is 1. The van der Waals surface area contributed by atoms with Crippen molar-refractivity contribution in [1.29, 1.82) is 0 Å². The number of thiazole rings is 1. The van der Waals surface area contributed by atoms with E-state index in [2.05, 4.69) is 4.98 Å². The first-order valence-corrected chi connectivity index (χ1v) is 5.00. The first kappa shape index (κ1) is 7.86. The SMILES string of the molecule is Nc1cnc(OCC2CCC2)s1. The standard InChI is InChI=1S/C8H12N2OS/c9-7-4-10-8(12-7)11-5-6-2-1-3-6/h4,6H,1-3,5,9H2. The van der Waals surface area contributed by atoms with E-state index in [1.165, 1.54) is 30.6 Å². The predicted molar refractivity (Wildman–Crippen MR) is 49.4 cm³/mol. The van der Waals surface area contributed by atoms with Crippen LogP contribution in [0.5, 0.6) is 5.19 Å². The van der Waals surface area contributed by atoms with E-state index in [9.17, 15) is 0 Å². The minimum absolute atomic E-state index is 0.708. The Balaban J connectivity index is 1.79. The minimum atomic E-state index is 0.708. The Hall–Kier alpha value is -0.770. The zero-order valence-corrected chi connectivity index (χ0v) is 7.64. The van der Waals surface area contributed by atoms with Crippen LogP contribution in [-0.2, 0) is 0 Å². The zero-order valence-electron chi connectivity index (χ0n) is 6.82. The Bertz CT molecular complexity index is 257. The summed E-state index contributed by atoms with van der Waals surface area (Å²) < 4.78 is 5.46. The maximum Gasteiger partial charge on any atom is 0.275 e. The molecule has 2 rings (SSSR count). The summed E-state index contributed by atoms with van der Waals surface area (Å²) in [6.07, 6.45) is 5.61. The molecule has 1 aromatic rings. The lowest BCUT2D eigenvalue weighted by Crippen LogP contribution is -2.19. The van der Waals surface area contributed by atoms with Crippen LogP contribution < -0.4 is 10.5 Å². The molecule has 0 radical (unpaired) electrons. The molecule has 1 aliphatic rings. The van der Waals surface area contributed by atoms with Crippen molar-refractivity contribution in [1.82, 2.24) is 4.98 Å². The van der Waals surface area contributed by atoms with E-state index < -0.39 is 0 Å². The lowest BCUT2D eigenvalue weighted by atomic mass is 9.86. The number of aromatic nitrogens is 1. The number of nitrogens with zero attached hydrogens (tertiary/aromatic N) is 1. The third kappa shape index (κ3) is 1.69. The molecule has 0 saturated heterocycles. The van der Waals surface area contributed by atoms with E-state index in [0.717, 1.165) is 17.5 Å². The van der Waals surface area contributed by atoms with Gasteiger partial charge < -0.3 is 10.5 Å². The summed E-state index contributed by atoms with van der Waals surface area (Å²) in [4.78, 5) is 4.02. The van der Waals surface area contributed by atoms with Gasteiger partial charge >= 0.3 is 0 Å². The molecule has 3 nitrogen and oxygen atoms in total. The number of anilines is 1. The number of nitrogens with two attached hydrogens (primary N) is 1. The Kier molecular flexibility index (Phi) is 2.17. The summed E-state index contributed by atoms with van der Waals surface area (Å²) in [5, 5.41) is 1.43. The summed E-state index contributed by atoms with van der Waals surface area (Å²) in [5.41, 5.74) is 5.51. The summed E-state index contributed by atoms with van der Waals surface area (Å²) in [6, 6.07) is 0. The fourth-order valence-corrected chi connectivity index (χ4v) is 1.72. The Morgan fingerprint density at radius 1 is 1.67 bits per heavy atom. The average Bonchev–Trinajstić information content (AvgIpc) is 2.32. The molecule has 66 valence electrons. The topological polar surface area (TPSA) is 48.1 Å². The second-order valence-electron chi connectivity index (χ2n) is 3.14. The van der Waals surface area contributed by atoms with Gasteiger partial charge in [0.2, 0.25) is 0 Å². The molecule has 1 aliphatic carbocycles. The van der Waals surface area contributed by atoms with E-state index >= 15 is 0 Å². The lowest BCUT2D eigenvalue weighted by molar-refractivity contribution is 0.180. The van der Waals surface area contributed by atoms with Crippen LogP contribution in [0.4, 0.5) is 5.00 Å². The van der Waals surface area contributed by atoms with E-state index in [1.807, 2.05) is 0 Å². The fraction of sp³-hybridized carbons (Fsp3) is 0.625. The molecular weight excluding hydrogens is 172 g/mol. The molecule has 1 heterocycles. The fourth-order valence-electron chi connectivity index (χ4n) is 1.19. The van der Waals surface area contributed by atoms with Crippen LogP contribution in [0.1, 0.15) is 19.3 Å². The van der Waals surface area contributed by atoms with Gasteiger partial charge in [-0.05, 0) is 18.8 Å². The molecule has 0 unspecified atom stereocenters. The van der Waals surface area contributed by atoms with Crippen LogP contribution in [-0.4, -0.2) is 11.6 Å². The van der Waals surface area contributed by atoms with E-state index in [4.69, 9.17) is 10.5 Å². The highest BCUT2D eigenvalue weighted by molar-refractivity contribution is 7.17. The maximum atomic E-state index is 5.51. The Labute approximate surface area is 75.6 Å². The molecule has 12 heavy (non-hydrogen) atoms. The number of hydrogen-bond acceptors (Lipinski definition) is 4. The third-order valence-corrected chi connectivity index (χ3v) is 2.91. The molecule has 0 amide bonds. The van der Waals surface area contributed by atoms with E-state index in [-0.39, 0.29) is 0 Å². The first-order chi connectivity index (χ1) is 5.84. The monoisotopic (exact) mass is 184 g/mol. The molecule has 0 bridgehead atoms. The van der Waals surface area contributed by atoms with Gasteiger partial charge in [-0.1, -0.05) is 17.8 Å². The maximum absolute atomic E-state index is 5.51. The molecule has 0 spiro atoms. The van der Waals surface area contributed by atoms with Crippen molar-refractivity contribution in [2.24, 2.45) is 5.92 Å². The lowest BCUT2D eigenvalue weighted by Gasteiger charge is -2.24. The van der Waals surface area contributed by atoms with Crippen LogP contribution in [0.2, 0.25) is 0 Å². The third-order valence-electron chi connectivity index (χ3n) is 2.17. The van der Waals surface area contributed by atoms with Crippen LogP contribution in [0.25, 0.3) is 0 Å². The minimum Gasteiger partial charge on any atom is -0.470 e. The van der Waals surface area contributed by atoms with Crippen molar-refractivity contribution < 1.29 is 4.74 Å². The van der Waals surface area contributed by atoms with Gasteiger partial charge in [-0.15, -0.1) is 0 Å². The molecule has 0 atom stereocenters. The molecule has 2 N–H and O–H groups in total. The number of ether oxygens (including phenoxy) is 1. The molecule has 0 aliphatic heterocycles. The summed E-state index contributed by atoms with van der Waals surface area (Å²) in [7, 11) is 0. The first-order valence-electron chi connectivity index (χ1n) is 4.18. The highest BCUT2D eigenvalue weighted by Gasteiger charge is 2.18. The second-order valence-corrected chi connectivity index (χ2v) is 4.16. The number of rotatable bonds is 3. The summed E-state index contributed by atoms with van der Waals surface area (Å²) >= 11 is 1.41. The van der Waals surface area contributed by atoms with Crippen molar-refractivity contribution in [3.63, 3.8) is 0 Å². The predicted octanol–water partition coefficient (Wildman–Crippen LogP) is 1.90. The smallest absolute Gasteiger partial charge is 0.275 e. The van der Waals surface area contributed by atoms with Crippen LogP contribution in [0.15, 0.2) is 6.20 Å². The summed E-state index contributed by atoms with van der Waals surface area (Å²) in [5.74, 6) is 0.759. The Morgan fingerprint density at radius 3 is 3.00 bits per heavy atom. The van der Waals surface area contributed by atoms with E-state index in [0.29, 0.717) is 5.19 Å². The largest absolute Gasteiger partial charge is 0.470 e. The van der Waals surface area contributed by atoms with Crippen molar-refractivity contribution in [2.45, 2.75) is 19.3 Å². The molecule has 1 saturated carbocycles. The van der Waals surface area contributed by atoms with Gasteiger partial charge in [0.1, 0.15) is 5.00 Å². The zero-order chi connectivity index (χ0) is 8.39. The van der Waals surface area contributed by atoms with E-state index in [1.54, 1.807) is 6.20 Å². The van der Waals surface area contributed by atoms with Gasteiger partial charge in [-0.3, -0.25) is 0 Å². The normalized spacial score (nSPS) is 17.3. The van der Waals surface area contributed by atoms with Gasteiger partial charge in [0.25, 0.3) is 5.19 Å². The van der Waals surface area contributed by atoms with Gasteiger partial charge in [0.05, 0.1) is 12.8 Å². The Morgan fingerprint density at radius 2 is 2.50 bits per heavy atom. The van der Waals surface area contributed by atoms with Gasteiger partial charge in [-0.2, -0.15) is 0 Å². The molecular formula is C8H12N2OS. The molecule has 1 aromatic heterocycles. The average molecular weight is 184 g/mol. The van der Waals surface area contributed by atoms with Crippen LogP contribution in [0.3, 0.4) is 0 Å². The van der Waals surface area contributed by atoms with Crippen molar-refractivity contribution in [3.05, 3.63) is 6.20 Å². The van der Waals surface area contributed by atoms with Crippen molar-refractivity contribution >= 4 is 16.3 Å². The van der Waals surface area contributed by atoms with Gasteiger partial charge in [0, 0.05) is 0 Å². The van der Waals surface area contributed by atoms with Crippen LogP contribution >= 0.6 is 11.3 Å². The summed E-state index contributed by atoms with van der Waals surface area (Å²) in [6.45, 7) is 0.812. The van der Waals surface area contributed by atoms with Crippen LogP contribution in [0, 0.1) is 5.92 Å². The molecule has 4 heteroatoms. The second kappa shape index (κ2) is 3.31. The number of nitrogen functional groups attached to an aromatic ring is 1. The van der Waals surface area contributed by atoms with Crippen molar-refractivity contribution in [2.75, 3.05) is 12.3 Å². The highest BCUT2D eigenvalue weighted by Crippen LogP contribution is 2.28. The quantitative estimate of drug-likeness (QED) is 0.780.